The van der Waals surface area contributed by atoms with E-state index in [9.17, 15) is 9.59 Å². The highest BCUT2D eigenvalue weighted by Gasteiger charge is 2.06. The van der Waals surface area contributed by atoms with Gasteiger partial charge in [-0.2, -0.15) is 0 Å². The Hall–Kier alpha value is -1.84. The summed E-state index contributed by atoms with van der Waals surface area (Å²) in [6, 6.07) is 7.20. The summed E-state index contributed by atoms with van der Waals surface area (Å²) in [5.74, 6) is -1.36. The van der Waals surface area contributed by atoms with Crippen molar-refractivity contribution in [3.8, 4) is 0 Å². The number of aliphatic carboxylic acids is 2. The fourth-order valence-corrected chi connectivity index (χ4v) is 4.66. The third kappa shape index (κ3) is 16.7. The molecule has 0 atom stereocenters. The lowest BCUT2D eigenvalue weighted by Crippen LogP contribution is -1.99. The quantitative estimate of drug-likeness (QED) is 0.156. The number of carbonyl (C=O) groups is 2. The van der Waals surface area contributed by atoms with E-state index in [0.29, 0.717) is 12.8 Å². The Morgan fingerprint density at radius 2 is 1.00 bits per heavy atom. The Morgan fingerprint density at radius 1 is 0.559 bits per heavy atom. The van der Waals surface area contributed by atoms with E-state index < -0.39 is 11.9 Å². The number of carboxylic acids is 2. The minimum Gasteiger partial charge on any atom is -0.481 e. The van der Waals surface area contributed by atoms with Crippen LogP contribution in [-0.2, 0) is 28.9 Å². The molecule has 4 nitrogen and oxygen atoms in total. The lowest BCUT2D eigenvalue weighted by Gasteiger charge is -2.13. The number of aryl methyl sites for hydroxylation is 3. The smallest absolute Gasteiger partial charge is 0.303 e. The first-order valence-corrected chi connectivity index (χ1v) is 14.1. The molecule has 194 valence electrons. The number of rotatable bonds is 23. The molecule has 0 aromatic heterocycles. The van der Waals surface area contributed by atoms with Gasteiger partial charge in [0.05, 0.1) is 0 Å². The zero-order valence-corrected chi connectivity index (χ0v) is 21.8. The largest absolute Gasteiger partial charge is 0.481 e. The van der Waals surface area contributed by atoms with Crippen molar-refractivity contribution in [1.29, 1.82) is 0 Å². The van der Waals surface area contributed by atoms with Crippen LogP contribution < -0.4 is 0 Å². The average Bonchev–Trinajstić information content (AvgIpc) is 2.80. The molecule has 1 aromatic rings. The monoisotopic (exact) mass is 474 g/mol. The molecule has 0 spiro atoms. The van der Waals surface area contributed by atoms with Gasteiger partial charge in [-0.3, -0.25) is 9.59 Å². The summed E-state index contributed by atoms with van der Waals surface area (Å²) in [5, 5.41) is 17.5. The van der Waals surface area contributed by atoms with E-state index in [1.807, 2.05) is 0 Å². The molecule has 0 unspecified atom stereocenters. The van der Waals surface area contributed by atoms with Gasteiger partial charge in [-0.05, 0) is 68.1 Å². The van der Waals surface area contributed by atoms with E-state index in [0.717, 1.165) is 51.4 Å². The lowest BCUT2D eigenvalue weighted by atomic mass is 9.93. The Bertz CT molecular complexity index is 668. The second-order valence-electron chi connectivity index (χ2n) is 9.94. The molecule has 0 heterocycles. The van der Waals surface area contributed by atoms with Crippen LogP contribution >= 0.6 is 0 Å². The van der Waals surface area contributed by atoms with Crippen LogP contribution in [0.1, 0.15) is 139 Å². The van der Waals surface area contributed by atoms with Crippen LogP contribution in [0.15, 0.2) is 18.2 Å². The zero-order valence-electron chi connectivity index (χ0n) is 21.8. The Balaban J connectivity index is 2.41. The molecule has 0 aliphatic heterocycles. The van der Waals surface area contributed by atoms with E-state index in [1.165, 1.54) is 81.8 Å². The minimum atomic E-state index is -0.681. The predicted molar refractivity (Wildman–Crippen MR) is 142 cm³/mol. The Morgan fingerprint density at radius 3 is 1.53 bits per heavy atom. The van der Waals surface area contributed by atoms with Gasteiger partial charge < -0.3 is 10.2 Å². The van der Waals surface area contributed by atoms with Crippen LogP contribution in [0.2, 0.25) is 0 Å². The van der Waals surface area contributed by atoms with Crippen molar-refractivity contribution in [3.63, 3.8) is 0 Å². The average molecular weight is 475 g/mol. The Labute approximate surface area is 208 Å². The predicted octanol–water partition coefficient (Wildman–Crippen LogP) is 8.53. The van der Waals surface area contributed by atoms with Crippen molar-refractivity contribution in [2.75, 3.05) is 0 Å². The van der Waals surface area contributed by atoms with Crippen LogP contribution in [-0.4, -0.2) is 22.2 Å². The van der Waals surface area contributed by atoms with Gasteiger partial charge in [-0.15, -0.1) is 0 Å². The van der Waals surface area contributed by atoms with Gasteiger partial charge >= 0.3 is 11.9 Å². The number of unbranched alkanes of at least 4 members (excludes halogenated alkanes) is 13. The Kier molecular flexibility index (Phi) is 18.2. The molecule has 0 amide bonds. The SMILES string of the molecule is CCCCCCc1ccc(CCCCCCCCC(=O)O)c(CCCCCCCCC(=O)O)c1. The van der Waals surface area contributed by atoms with E-state index in [1.54, 1.807) is 5.56 Å². The van der Waals surface area contributed by atoms with E-state index in [4.69, 9.17) is 10.2 Å². The highest BCUT2D eigenvalue weighted by Crippen LogP contribution is 2.21. The number of carboxylic acid groups (broad SMARTS) is 2. The fourth-order valence-electron chi connectivity index (χ4n) is 4.66. The van der Waals surface area contributed by atoms with E-state index in [2.05, 4.69) is 25.1 Å². The van der Waals surface area contributed by atoms with Gasteiger partial charge in [-0.1, -0.05) is 95.8 Å². The second-order valence-corrected chi connectivity index (χ2v) is 9.94. The highest BCUT2D eigenvalue weighted by atomic mass is 16.4. The second kappa shape index (κ2) is 20.5. The molecule has 2 N–H and O–H groups in total. The van der Waals surface area contributed by atoms with Crippen molar-refractivity contribution in [3.05, 3.63) is 34.9 Å². The molecule has 0 aliphatic carbocycles. The summed E-state index contributed by atoms with van der Waals surface area (Å²) in [7, 11) is 0. The molecule has 0 saturated heterocycles. The van der Waals surface area contributed by atoms with Crippen LogP contribution in [0, 0.1) is 0 Å². The van der Waals surface area contributed by atoms with Gasteiger partial charge in [0.2, 0.25) is 0 Å². The number of hydrogen-bond acceptors (Lipinski definition) is 2. The van der Waals surface area contributed by atoms with Crippen molar-refractivity contribution < 1.29 is 19.8 Å². The van der Waals surface area contributed by atoms with Crippen molar-refractivity contribution >= 4 is 11.9 Å². The maximum atomic E-state index is 10.6. The molecule has 1 aromatic carbocycles. The standard InChI is InChI=1S/C30H50O4/c1-2-3-4-13-18-26-23-24-27(19-14-9-5-7-11-16-21-29(31)32)28(25-26)20-15-10-6-8-12-17-22-30(33)34/h23-25H,2-22H2,1H3,(H,31,32)(H,33,34). The van der Waals surface area contributed by atoms with Crippen LogP contribution in [0.25, 0.3) is 0 Å². The van der Waals surface area contributed by atoms with Gasteiger partial charge in [0.1, 0.15) is 0 Å². The summed E-state index contributed by atoms with van der Waals surface area (Å²) in [5.41, 5.74) is 4.55. The summed E-state index contributed by atoms with van der Waals surface area (Å²) in [4.78, 5) is 21.2. The first-order valence-electron chi connectivity index (χ1n) is 14.1. The van der Waals surface area contributed by atoms with Crippen LogP contribution in [0.4, 0.5) is 0 Å². The van der Waals surface area contributed by atoms with Gasteiger partial charge in [-0.25, -0.2) is 0 Å². The molecular formula is C30H50O4. The fraction of sp³-hybridized carbons (Fsp3) is 0.733. The molecule has 0 bridgehead atoms. The summed E-state index contributed by atoms with van der Waals surface area (Å²) in [6.45, 7) is 2.26. The molecule has 0 fully saturated rings. The van der Waals surface area contributed by atoms with Gasteiger partial charge in [0.15, 0.2) is 0 Å². The van der Waals surface area contributed by atoms with Crippen LogP contribution in [0.3, 0.4) is 0 Å². The zero-order chi connectivity index (χ0) is 24.9. The molecule has 0 radical (unpaired) electrons. The number of hydrogen-bond donors (Lipinski definition) is 2. The van der Waals surface area contributed by atoms with Gasteiger partial charge in [0, 0.05) is 12.8 Å². The summed E-state index contributed by atoms with van der Waals surface area (Å²) in [6.07, 6.45) is 22.5. The maximum absolute atomic E-state index is 10.6. The third-order valence-electron chi connectivity index (χ3n) is 6.76. The number of benzene rings is 1. The lowest BCUT2D eigenvalue weighted by molar-refractivity contribution is -0.138. The summed E-state index contributed by atoms with van der Waals surface area (Å²) >= 11 is 0. The maximum Gasteiger partial charge on any atom is 0.303 e. The molecular weight excluding hydrogens is 424 g/mol. The van der Waals surface area contributed by atoms with Crippen molar-refractivity contribution in [2.45, 2.75) is 142 Å². The molecule has 0 saturated carbocycles. The van der Waals surface area contributed by atoms with Gasteiger partial charge in [0.25, 0.3) is 0 Å². The first kappa shape index (κ1) is 30.2. The molecule has 4 heteroatoms. The van der Waals surface area contributed by atoms with E-state index in [-0.39, 0.29) is 0 Å². The molecule has 1 rings (SSSR count). The summed E-state index contributed by atoms with van der Waals surface area (Å²) < 4.78 is 0. The highest BCUT2D eigenvalue weighted by molar-refractivity contribution is 5.66. The minimum absolute atomic E-state index is 0.302. The first-order chi connectivity index (χ1) is 16.5. The van der Waals surface area contributed by atoms with Crippen LogP contribution in [0.5, 0.6) is 0 Å². The van der Waals surface area contributed by atoms with E-state index >= 15 is 0 Å². The molecule has 0 aliphatic rings. The molecule has 34 heavy (non-hydrogen) atoms. The topological polar surface area (TPSA) is 74.6 Å². The van der Waals surface area contributed by atoms with Crippen molar-refractivity contribution in [2.24, 2.45) is 0 Å². The normalized spacial score (nSPS) is 11.1. The third-order valence-corrected chi connectivity index (χ3v) is 6.76. The van der Waals surface area contributed by atoms with Crippen molar-refractivity contribution in [1.82, 2.24) is 0 Å².